The van der Waals surface area contributed by atoms with Crippen molar-refractivity contribution in [3.05, 3.63) is 88.5 Å². The molecule has 174 valence electrons. The van der Waals surface area contributed by atoms with Crippen LogP contribution in [0.2, 0.25) is 10.0 Å². The first-order chi connectivity index (χ1) is 16.4. The summed E-state index contributed by atoms with van der Waals surface area (Å²) in [6.45, 7) is 3.79. The first-order valence-corrected chi connectivity index (χ1v) is 12.0. The van der Waals surface area contributed by atoms with Gasteiger partial charge in [0.2, 0.25) is 6.79 Å². The number of thiazole rings is 1. The smallest absolute Gasteiger partial charge is 0.338 e. The molecule has 0 spiro atoms. The lowest BCUT2D eigenvalue weighted by Gasteiger charge is -2.24. The molecule has 5 rings (SSSR count). The average Bonchev–Trinajstić information content (AvgIpc) is 3.37. The molecule has 2 aliphatic rings. The molecule has 0 bridgehead atoms. The Bertz CT molecular complexity index is 1520. The van der Waals surface area contributed by atoms with E-state index >= 15 is 0 Å². The van der Waals surface area contributed by atoms with Crippen LogP contribution in [0.15, 0.2) is 57.5 Å². The van der Waals surface area contributed by atoms with E-state index in [1.807, 2.05) is 0 Å². The van der Waals surface area contributed by atoms with Gasteiger partial charge in [-0.05, 0) is 49.2 Å². The Kier molecular flexibility index (Phi) is 5.97. The number of carbonyl (C=O) groups excluding carboxylic acids is 1. The van der Waals surface area contributed by atoms with Gasteiger partial charge < -0.3 is 14.2 Å². The standard InChI is InChI=1S/C24H18Cl2N2O5S/c1-3-31-23(30)20-12(2)27-24-28(21(20)13-4-6-15(25)7-5-13)22(29)19(34-24)9-14-8-17-18(10-16(14)26)33-11-32-17/h4-10,21H,3,11H2,1-2H3/b19-9-. The van der Waals surface area contributed by atoms with Crippen LogP contribution in [-0.4, -0.2) is 23.9 Å². The molecule has 3 heterocycles. The summed E-state index contributed by atoms with van der Waals surface area (Å²) in [6.07, 6.45) is 1.69. The van der Waals surface area contributed by atoms with E-state index in [0.29, 0.717) is 47.7 Å². The minimum atomic E-state index is -0.707. The Hall–Kier alpha value is -3.07. The molecule has 1 unspecified atom stereocenters. The molecular weight excluding hydrogens is 499 g/mol. The Morgan fingerprint density at radius 1 is 1.24 bits per heavy atom. The molecule has 0 N–H and O–H groups in total. The fourth-order valence-electron chi connectivity index (χ4n) is 3.94. The third-order valence-electron chi connectivity index (χ3n) is 5.48. The second-order valence-electron chi connectivity index (χ2n) is 7.58. The van der Waals surface area contributed by atoms with Crippen LogP contribution in [0.5, 0.6) is 11.5 Å². The van der Waals surface area contributed by atoms with Crippen LogP contribution in [0.3, 0.4) is 0 Å². The first kappa shape index (κ1) is 22.7. The number of benzene rings is 2. The summed E-state index contributed by atoms with van der Waals surface area (Å²) in [5.74, 6) is 0.598. The summed E-state index contributed by atoms with van der Waals surface area (Å²) in [7, 11) is 0. The number of fused-ring (bicyclic) bond motifs is 2. The van der Waals surface area contributed by atoms with Crippen LogP contribution in [0.1, 0.15) is 31.0 Å². The highest BCUT2D eigenvalue weighted by atomic mass is 35.5. The maximum Gasteiger partial charge on any atom is 0.338 e. The maximum atomic E-state index is 13.6. The van der Waals surface area contributed by atoms with Crippen molar-refractivity contribution in [1.82, 2.24) is 4.57 Å². The summed E-state index contributed by atoms with van der Waals surface area (Å²) in [6, 6.07) is 9.70. The lowest BCUT2D eigenvalue weighted by atomic mass is 9.96. The number of hydrogen-bond acceptors (Lipinski definition) is 7. The third-order valence-corrected chi connectivity index (χ3v) is 7.04. The molecule has 0 fully saturated rings. The second-order valence-corrected chi connectivity index (χ2v) is 9.43. The van der Waals surface area contributed by atoms with Gasteiger partial charge in [-0.1, -0.05) is 46.7 Å². The molecule has 0 radical (unpaired) electrons. The summed E-state index contributed by atoms with van der Waals surface area (Å²) in [5, 5.41) is 0.972. The van der Waals surface area contributed by atoms with Gasteiger partial charge in [0.25, 0.3) is 5.56 Å². The maximum absolute atomic E-state index is 13.6. The van der Waals surface area contributed by atoms with Crippen molar-refractivity contribution in [3.8, 4) is 11.5 Å². The number of hydrogen-bond donors (Lipinski definition) is 0. The molecule has 1 aromatic heterocycles. The quantitative estimate of drug-likeness (QED) is 0.492. The second kappa shape index (κ2) is 8.94. The lowest BCUT2D eigenvalue weighted by molar-refractivity contribution is -0.139. The van der Waals surface area contributed by atoms with Crippen molar-refractivity contribution >= 4 is 46.6 Å². The number of rotatable bonds is 4. The number of carbonyl (C=O) groups is 1. The lowest BCUT2D eigenvalue weighted by Crippen LogP contribution is -2.39. The minimum Gasteiger partial charge on any atom is -0.463 e. The number of allylic oxidation sites excluding steroid dienone is 1. The molecule has 0 amide bonds. The van der Waals surface area contributed by atoms with Crippen LogP contribution in [0, 0.1) is 0 Å². The highest BCUT2D eigenvalue weighted by Crippen LogP contribution is 2.37. The average molecular weight is 517 g/mol. The van der Waals surface area contributed by atoms with Gasteiger partial charge in [-0.3, -0.25) is 9.36 Å². The van der Waals surface area contributed by atoms with E-state index in [1.165, 1.54) is 15.9 Å². The van der Waals surface area contributed by atoms with E-state index in [4.69, 9.17) is 37.4 Å². The molecular formula is C24H18Cl2N2O5S. The fourth-order valence-corrected chi connectivity index (χ4v) is 5.31. The van der Waals surface area contributed by atoms with E-state index in [1.54, 1.807) is 56.3 Å². The van der Waals surface area contributed by atoms with Crippen LogP contribution >= 0.6 is 34.5 Å². The van der Waals surface area contributed by atoms with Gasteiger partial charge in [0.05, 0.1) is 33.5 Å². The molecule has 2 aliphatic heterocycles. The van der Waals surface area contributed by atoms with Crippen molar-refractivity contribution in [1.29, 1.82) is 0 Å². The van der Waals surface area contributed by atoms with Crippen LogP contribution in [-0.2, 0) is 9.53 Å². The molecule has 1 atom stereocenters. The molecule has 10 heteroatoms. The van der Waals surface area contributed by atoms with E-state index in [-0.39, 0.29) is 19.0 Å². The van der Waals surface area contributed by atoms with Gasteiger partial charge in [0, 0.05) is 11.1 Å². The van der Waals surface area contributed by atoms with Gasteiger partial charge in [-0.15, -0.1) is 0 Å². The van der Waals surface area contributed by atoms with Crippen LogP contribution in [0.4, 0.5) is 0 Å². The molecule has 2 aromatic carbocycles. The SMILES string of the molecule is CCOC(=O)C1=C(C)N=c2s/c(=C\c3cc4c(cc3Cl)OCO4)c(=O)n2C1c1ccc(Cl)cc1. The summed E-state index contributed by atoms with van der Waals surface area (Å²) < 4.78 is 18.0. The predicted molar refractivity (Wildman–Crippen MR) is 129 cm³/mol. The van der Waals surface area contributed by atoms with Gasteiger partial charge in [-0.25, -0.2) is 9.79 Å². The molecule has 0 saturated carbocycles. The molecule has 0 saturated heterocycles. The molecule has 7 nitrogen and oxygen atoms in total. The van der Waals surface area contributed by atoms with Gasteiger partial charge >= 0.3 is 5.97 Å². The zero-order valence-corrected chi connectivity index (χ0v) is 20.5. The number of halogens is 2. The van der Waals surface area contributed by atoms with Crippen LogP contribution < -0.4 is 24.4 Å². The number of aromatic nitrogens is 1. The molecule has 3 aromatic rings. The molecule has 0 aliphatic carbocycles. The van der Waals surface area contributed by atoms with Crippen molar-refractivity contribution in [3.63, 3.8) is 0 Å². The minimum absolute atomic E-state index is 0.119. The van der Waals surface area contributed by atoms with Crippen molar-refractivity contribution < 1.29 is 19.0 Å². The van der Waals surface area contributed by atoms with Crippen molar-refractivity contribution in [2.24, 2.45) is 4.99 Å². The number of ether oxygens (including phenoxy) is 3. The zero-order valence-electron chi connectivity index (χ0n) is 18.1. The number of nitrogens with zero attached hydrogens (tertiary/aromatic N) is 2. The highest BCUT2D eigenvalue weighted by Gasteiger charge is 2.33. The zero-order chi connectivity index (χ0) is 24.0. The van der Waals surface area contributed by atoms with Crippen LogP contribution in [0.25, 0.3) is 6.08 Å². The van der Waals surface area contributed by atoms with E-state index < -0.39 is 12.0 Å². The topological polar surface area (TPSA) is 79.1 Å². The molecule has 34 heavy (non-hydrogen) atoms. The van der Waals surface area contributed by atoms with E-state index in [2.05, 4.69) is 4.99 Å². The monoisotopic (exact) mass is 516 g/mol. The summed E-state index contributed by atoms with van der Waals surface area (Å²) in [5.41, 5.74) is 1.83. The highest BCUT2D eigenvalue weighted by molar-refractivity contribution is 7.07. The Balaban J connectivity index is 1.71. The van der Waals surface area contributed by atoms with Gasteiger partial charge in [0.1, 0.15) is 0 Å². The van der Waals surface area contributed by atoms with E-state index in [0.717, 1.165) is 5.56 Å². The predicted octanol–water partition coefficient (Wildman–Crippen LogP) is 3.83. The summed E-state index contributed by atoms with van der Waals surface area (Å²) >= 11 is 13.7. The van der Waals surface area contributed by atoms with Crippen molar-refractivity contribution in [2.75, 3.05) is 13.4 Å². The number of esters is 1. The normalized spacial score (nSPS) is 16.9. The van der Waals surface area contributed by atoms with E-state index in [9.17, 15) is 9.59 Å². The largest absolute Gasteiger partial charge is 0.463 e. The Morgan fingerprint density at radius 3 is 2.65 bits per heavy atom. The Morgan fingerprint density at radius 2 is 1.94 bits per heavy atom. The van der Waals surface area contributed by atoms with Crippen molar-refractivity contribution in [2.45, 2.75) is 19.9 Å². The summed E-state index contributed by atoms with van der Waals surface area (Å²) in [4.78, 5) is 31.6. The first-order valence-electron chi connectivity index (χ1n) is 10.4. The van der Waals surface area contributed by atoms with Gasteiger partial charge in [0.15, 0.2) is 16.3 Å². The third kappa shape index (κ3) is 3.91. The fraction of sp³-hybridized carbons (Fsp3) is 0.208. The van der Waals surface area contributed by atoms with Gasteiger partial charge in [-0.2, -0.15) is 0 Å². The Labute approximate surface area is 208 Å².